The molecule has 0 saturated heterocycles. The van der Waals surface area contributed by atoms with Gasteiger partial charge in [0.05, 0.1) is 0 Å². The Morgan fingerprint density at radius 2 is 2.29 bits per heavy atom. The normalized spacial score (nSPS) is 14.8. The van der Waals surface area contributed by atoms with E-state index < -0.39 is 11.6 Å². The van der Waals surface area contributed by atoms with Crippen LogP contribution >= 0.6 is 11.6 Å². The Morgan fingerprint density at radius 3 is 2.79 bits per heavy atom. The van der Waals surface area contributed by atoms with Crippen molar-refractivity contribution in [3.8, 4) is 0 Å². The van der Waals surface area contributed by atoms with Crippen LogP contribution in [-0.2, 0) is 11.2 Å². The number of benzene rings is 1. The van der Waals surface area contributed by atoms with Crippen molar-refractivity contribution in [3.63, 3.8) is 0 Å². The van der Waals surface area contributed by atoms with Crippen LogP contribution in [0, 0.1) is 0 Å². The predicted molar refractivity (Wildman–Crippen MR) is 52.3 cm³/mol. The first-order valence-corrected chi connectivity index (χ1v) is 4.46. The lowest BCUT2D eigenvalue weighted by molar-refractivity contribution is -0.149. The molecule has 76 valence electrons. The third kappa shape index (κ3) is 2.70. The van der Waals surface area contributed by atoms with Gasteiger partial charge in [-0.2, -0.15) is 0 Å². The zero-order valence-electron chi connectivity index (χ0n) is 7.63. The van der Waals surface area contributed by atoms with E-state index in [9.17, 15) is 9.18 Å². The fourth-order valence-electron chi connectivity index (χ4n) is 1.11. The summed E-state index contributed by atoms with van der Waals surface area (Å²) in [5.74, 6) is -1.46. The molecule has 0 aromatic heterocycles. The molecule has 1 N–H and O–H groups in total. The maximum atomic E-state index is 13.4. The SMILES string of the molecule is CC(F)(Cc1cccc(Cl)c1)C(=O)O. The second-order valence-electron chi connectivity index (χ2n) is 3.31. The van der Waals surface area contributed by atoms with Crippen molar-refractivity contribution in [3.05, 3.63) is 34.9 Å². The molecule has 4 heteroatoms. The summed E-state index contributed by atoms with van der Waals surface area (Å²) < 4.78 is 13.4. The highest BCUT2D eigenvalue weighted by molar-refractivity contribution is 6.30. The van der Waals surface area contributed by atoms with Crippen molar-refractivity contribution in [1.29, 1.82) is 0 Å². The van der Waals surface area contributed by atoms with Crippen molar-refractivity contribution in [1.82, 2.24) is 0 Å². The van der Waals surface area contributed by atoms with E-state index in [2.05, 4.69) is 0 Å². The van der Waals surface area contributed by atoms with Gasteiger partial charge in [0.15, 0.2) is 0 Å². The number of carboxylic acids is 1. The molecule has 0 fully saturated rings. The van der Waals surface area contributed by atoms with Gasteiger partial charge >= 0.3 is 5.97 Å². The largest absolute Gasteiger partial charge is 0.479 e. The molecule has 0 saturated carbocycles. The number of alkyl halides is 1. The molecule has 14 heavy (non-hydrogen) atoms. The van der Waals surface area contributed by atoms with E-state index in [-0.39, 0.29) is 6.42 Å². The highest BCUT2D eigenvalue weighted by Crippen LogP contribution is 2.20. The fourth-order valence-corrected chi connectivity index (χ4v) is 1.32. The van der Waals surface area contributed by atoms with E-state index in [0.29, 0.717) is 10.6 Å². The second kappa shape index (κ2) is 3.96. The van der Waals surface area contributed by atoms with Crippen LogP contribution in [0.3, 0.4) is 0 Å². The van der Waals surface area contributed by atoms with E-state index in [1.165, 1.54) is 0 Å². The summed E-state index contributed by atoms with van der Waals surface area (Å²) in [5, 5.41) is 9.04. The van der Waals surface area contributed by atoms with Crippen LogP contribution in [0.1, 0.15) is 12.5 Å². The van der Waals surface area contributed by atoms with E-state index >= 15 is 0 Å². The molecule has 0 aliphatic rings. The number of halogens is 2. The van der Waals surface area contributed by atoms with Crippen LogP contribution in [-0.4, -0.2) is 16.7 Å². The summed E-state index contributed by atoms with van der Waals surface area (Å²) >= 11 is 5.68. The average molecular weight is 217 g/mol. The van der Waals surface area contributed by atoms with Gasteiger partial charge in [-0.15, -0.1) is 0 Å². The van der Waals surface area contributed by atoms with E-state index in [4.69, 9.17) is 16.7 Å². The molecule has 1 unspecified atom stereocenters. The van der Waals surface area contributed by atoms with Gasteiger partial charge in [-0.1, -0.05) is 23.7 Å². The lowest BCUT2D eigenvalue weighted by atomic mass is 9.99. The summed E-state index contributed by atoms with van der Waals surface area (Å²) in [6.45, 7) is 1.04. The molecular weight excluding hydrogens is 207 g/mol. The minimum absolute atomic E-state index is 0.178. The Bertz CT molecular complexity index is 350. The van der Waals surface area contributed by atoms with Crippen molar-refractivity contribution < 1.29 is 14.3 Å². The molecule has 0 amide bonds. The van der Waals surface area contributed by atoms with Gasteiger partial charge < -0.3 is 5.11 Å². The highest BCUT2D eigenvalue weighted by atomic mass is 35.5. The molecule has 2 nitrogen and oxygen atoms in total. The molecule has 0 aliphatic heterocycles. The lowest BCUT2D eigenvalue weighted by Gasteiger charge is -2.14. The molecular formula is C10H10ClFO2. The van der Waals surface area contributed by atoms with E-state index in [1.807, 2.05) is 0 Å². The molecule has 0 radical (unpaired) electrons. The Kier molecular flexibility index (Phi) is 3.11. The van der Waals surface area contributed by atoms with Gasteiger partial charge in [-0.05, 0) is 24.6 Å². The van der Waals surface area contributed by atoms with Gasteiger partial charge in [0.1, 0.15) is 0 Å². The first-order chi connectivity index (χ1) is 6.42. The highest BCUT2D eigenvalue weighted by Gasteiger charge is 2.32. The molecule has 1 rings (SSSR count). The Labute approximate surface area is 86.3 Å². The lowest BCUT2D eigenvalue weighted by Crippen LogP contribution is -2.32. The number of hydrogen-bond donors (Lipinski definition) is 1. The first-order valence-electron chi connectivity index (χ1n) is 4.08. The topological polar surface area (TPSA) is 37.3 Å². The third-order valence-electron chi connectivity index (χ3n) is 1.87. The number of rotatable bonds is 3. The van der Waals surface area contributed by atoms with Crippen molar-refractivity contribution in [2.24, 2.45) is 0 Å². The molecule has 0 aliphatic carbocycles. The van der Waals surface area contributed by atoms with Crippen molar-refractivity contribution >= 4 is 17.6 Å². The molecule has 0 bridgehead atoms. The average Bonchev–Trinajstić information content (AvgIpc) is 2.02. The second-order valence-corrected chi connectivity index (χ2v) is 3.75. The Balaban J connectivity index is 2.83. The van der Waals surface area contributed by atoms with Gasteiger partial charge in [-0.25, -0.2) is 9.18 Å². The number of carboxylic acid groups (broad SMARTS) is 1. The minimum atomic E-state index is -2.25. The van der Waals surface area contributed by atoms with Gasteiger partial charge in [-0.3, -0.25) is 0 Å². The zero-order chi connectivity index (χ0) is 10.8. The summed E-state index contributed by atoms with van der Waals surface area (Å²) in [5.41, 5.74) is -1.67. The quantitative estimate of drug-likeness (QED) is 0.844. The third-order valence-corrected chi connectivity index (χ3v) is 2.11. The Morgan fingerprint density at radius 1 is 1.64 bits per heavy atom. The van der Waals surface area contributed by atoms with Crippen LogP contribution in [0.5, 0.6) is 0 Å². The number of hydrogen-bond acceptors (Lipinski definition) is 1. The van der Waals surface area contributed by atoms with Crippen LogP contribution in [0.4, 0.5) is 4.39 Å². The standard InChI is InChI=1S/C10H10ClFO2/c1-10(12,9(13)14)6-7-3-2-4-8(11)5-7/h2-5H,6H2,1H3,(H,13,14). The minimum Gasteiger partial charge on any atom is -0.479 e. The summed E-state index contributed by atoms with van der Waals surface area (Å²) in [6, 6.07) is 6.52. The maximum absolute atomic E-state index is 13.4. The summed E-state index contributed by atoms with van der Waals surface area (Å²) in [7, 11) is 0. The van der Waals surface area contributed by atoms with E-state index in [1.54, 1.807) is 24.3 Å². The summed E-state index contributed by atoms with van der Waals surface area (Å²) in [4.78, 5) is 10.5. The van der Waals surface area contributed by atoms with Crippen LogP contribution in [0.25, 0.3) is 0 Å². The van der Waals surface area contributed by atoms with Crippen LogP contribution < -0.4 is 0 Å². The Hall–Kier alpha value is -1.09. The number of carbonyl (C=O) groups is 1. The van der Waals surface area contributed by atoms with Gasteiger partial charge in [0, 0.05) is 11.4 Å². The van der Waals surface area contributed by atoms with Crippen LogP contribution in [0.2, 0.25) is 5.02 Å². The van der Waals surface area contributed by atoms with Gasteiger partial charge in [0.25, 0.3) is 0 Å². The monoisotopic (exact) mass is 216 g/mol. The van der Waals surface area contributed by atoms with E-state index in [0.717, 1.165) is 6.92 Å². The van der Waals surface area contributed by atoms with Gasteiger partial charge in [0.2, 0.25) is 5.67 Å². The number of aliphatic carboxylic acids is 1. The van der Waals surface area contributed by atoms with Crippen molar-refractivity contribution in [2.75, 3.05) is 0 Å². The summed E-state index contributed by atoms with van der Waals surface area (Å²) in [6.07, 6.45) is -0.178. The molecule has 0 spiro atoms. The van der Waals surface area contributed by atoms with Crippen LogP contribution in [0.15, 0.2) is 24.3 Å². The smallest absolute Gasteiger partial charge is 0.341 e. The maximum Gasteiger partial charge on any atom is 0.341 e. The predicted octanol–water partition coefficient (Wildman–Crippen LogP) is 2.70. The fraction of sp³-hybridized carbons (Fsp3) is 0.300. The molecule has 0 heterocycles. The molecule has 1 atom stereocenters. The first kappa shape index (κ1) is 11.0. The van der Waals surface area contributed by atoms with Crippen molar-refractivity contribution in [2.45, 2.75) is 19.0 Å². The molecule has 1 aromatic carbocycles. The zero-order valence-corrected chi connectivity index (χ0v) is 8.38. The molecule has 1 aromatic rings.